The van der Waals surface area contributed by atoms with Crippen LogP contribution in [0.5, 0.6) is 11.5 Å². The second-order valence-corrected chi connectivity index (χ2v) is 8.87. The quantitative estimate of drug-likeness (QED) is 0.442. The summed E-state index contributed by atoms with van der Waals surface area (Å²) in [5, 5.41) is 9.98. The first-order valence-corrected chi connectivity index (χ1v) is 11.2. The number of hydrogen-bond donors (Lipinski definition) is 1. The minimum atomic E-state index is -1.37. The van der Waals surface area contributed by atoms with Crippen molar-refractivity contribution in [2.24, 2.45) is 5.41 Å². The highest BCUT2D eigenvalue weighted by Gasteiger charge is 2.46. The van der Waals surface area contributed by atoms with Crippen LogP contribution in [0.4, 0.5) is 4.39 Å². The van der Waals surface area contributed by atoms with E-state index in [2.05, 4.69) is 6.07 Å². The largest absolute Gasteiger partial charge is 0.493 e. The maximum atomic E-state index is 14.2. The van der Waals surface area contributed by atoms with Crippen LogP contribution < -0.4 is 9.47 Å². The maximum absolute atomic E-state index is 14.2. The monoisotopic (exact) mass is 462 g/mol. The Bertz CT molecular complexity index is 1240. The number of ketones is 1. The lowest BCUT2D eigenvalue weighted by Crippen LogP contribution is -2.34. The summed E-state index contributed by atoms with van der Waals surface area (Å²) in [6.45, 7) is 2.43. The molecule has 6 heteroatoms. The van der Waals surface area contributed by atoms with Gasteiger partial charge in [-0.1, -0.05) is 42.0 Å². The summed E-state index contributed by atoms with van der Waals surface area (Å²) in [5.41, 5.74) is 2.31. The second-order valence-electron chi connectivity index (χ2n) is 8.87. The number of halogens is 1. The third-order valence-corrected chi connectivity index (χ3v) is 6.43. The van der Waals surface area contributed by atoms with E-state index < -0.39 is 17.2 Å². The lowest BCUT2D eigenvalue weighted by molar-refractivity contribution is -0.148. The van der Waals surface area contributed by atoms with Crippen LogP contribution in [0, 0.1) is 18.2 Å². The van der Waals surface area contributed by atoms with Gasteiger partial charge in [-0.2, -0.15) is 0 Å². The normalized spacial score (nSPS) is 16.7. The molecule has 0 bridgehead atoms. The van der Waals surface area contributed by atoms with Crippen molar-refractivity contribution in [2.45, 2.75) is 32.6 Å². The Morgan fingerprint density at radius 1 is 1.03 bits per heavy atom. The molecule has 0 saturated heterocycles. The number of carbonyl (C=O) groups excluding carboxylic acids is 1. The van der Waals surface area contributed by atoms with Crippen LogP contribution in [0.25, 0.3) is 0 Å². The molecule has 1 N–H and O–H groups in total. The predicted molar refractivity (Wildman–Crippen MR) is 126 cm³/mol. The van der Waals surface area contributed by atoms with Gasteiger partial charge in [0.15, 0.2) is 17.3 Å². The molecule has 4 rings (SSSR count). The number of Topliss-reactive ketones (excluding diaryl/α,β-unsaturated/α-hetero) is 1. The van der Waals surface area contributed by atoms with Crippen LogP contribution in [0.15, 0.2) is 60.7 Å². The molecule has 0 aliphatic heterocycles. The molecule has 1 aliphatic rings. The van der Waals surface area contributed by atoms with Gasteiger partial charge in [-0.3, -0.25) is 9.59 Å². The Hall–Kier alpha value is -3.67. The fourth-order valence-corrected chi connectivity index (χ4v) is 4.60. The van der Waals surface area contributed by atoms with Crippen LogP contribution in [0.2, 0.25) is 0 Å². The fourth-order valence-electron chi connectivity index (χ4n) is 4.60. The molecule has 0 heterocycles. The summed E-state index contributed by atoms with van der Waals surface area (Å²) < 4.78 is 25.6. The number of carboxylic acid groups (broad SMARTS) is 1. The highest BCUT2D eigenvalue weighted by molar-refractivity contribution is 5.99. The molecule has 1 aliphatic carbocycles. The standard InChI is InChI=1S/C28H27FO5/c1-18-5-3-6-19(13-18)11-12-34-26-14-20(9-10-25(26)33-2)24(30)17-28(27(31)32)15-21-7-4-8-23(29)22(21)16-28/h3-10,13-14H,11-12,15-17H2,1-2H3,(H,31,32). The van der Waals surface area contributed by atoms with Gasteiger partial charge in [-0.15, -0.1) is 0 Å². The summed E-state index contributed by atoms with van der Waals surface area (Å²) >= 11 is 0. The first kappa shape index (κ1) is 23.5. The fraction of sp³-hybridized carbons (Fsp3) is 0.286. The van der Waals surface area contributed by atoms with Crippen molar-refractivity contribution in [1.29, 1.82) is 0 Å². The number of fused-ring (bicyclic) bond motifs is 1. The molecule has 5 nitrogen and oxygen atoms in total. The smallest absolute Gasteiger partial charge is 0.310 e. The van der Waals surface area contributed by atoms with Crippen molar-refractivity contribution < 1.29 is 28.6 Å². The zero-order valence-electron chi connectivity index (χ0n) is 19.3. The van der Waals surface area contributed by atoms with Gasteiger partial charge in [0.05, 0.1) is 19.1 Å². The summed E-state index contributed by atoms with van der Waals surface area (Å²) in [7, 11) is 1.52. The number of methoxy groups -OCH3 is 1. The van der Waals surface area contributed by atoms with E-state index in [4.69, 9.17) is 9.47 Å². The number of carboxylic acids is 1. The van der Waals surface area contributed by atoms with E-state index in [-0.39, 0.29) is 25.0 Å². The highest BCUT2D eigenvalue weighted by atomic mass is 19.1. The number of hydrogen-bond acceptors (Lipinski definition) is 4. The number of aryl methyl sites for hydroxylation is 1. The zero-order chi connectivity index (χ0) is 24.3. The minimum Gasteiger partial charge on any atom is -0.493 e. The molecule has 1 atom stereocenters. The average Bonchev–Trinajstić information content (AvgIpc) is 3.20. The summed E-state index contributed by atoms with van der Waals surface area (Å²) in [4.78, 5) is 25.4. The molecule has 0 radical (unpaired) electrons. The molecule has 0 amide bonds. The molecule has 0 aromatic heterocycles. The van der Waals surface area contributed by atoms with E-state index in [0.29, 0.717) is 41.2 Å². The second kappa shape index (κ2) is 9.67. The van der Waals surface area contributed by atoms with Gasteiger partial charge in [-0.05, 0) is 60.7 Å². The van der Waals surface area contributed by atoms with Gasteiger partial charge < -0.3 is 14.6 Å². The molecule has 0 spiro atoms. The van der Waals surface area contributed by atoms with Crippen molar-refractivity contribution in [3.63, 3.8) is 0 Å². The van der Waals surface area contributed by atoms with Gasteiger partial charge >= 0.3 is 5.97 Å². The van der Waals surface area contributed by atoms with Crippen LogP contribution in [0.1, 0.15) is 39.0 Å². The van der Waals surface area contributed by atoms with Crippen LogP contribution in [-0.2, 0) is 24.1 Å². The maximum Gasteiger partial charge on any atom is 0.310 e. The number of aliphatic carboxylic acids is 1. The van der Waals surface area contributed by atoms with Crippen molar-refractivity contribution in [1.82, 2.24) is 0 Å². The van der Waals surface area contributed by atoms with E-state index in [1.54, 1.807) is 30.3 Å². The number of benzene rings is 3. The third kappa shape index (κ3) is 4.81. The lowest BCUT2D eigenvalue weighted by Gasteiger charge is -2.23. The molecule has 0 saturated carbocycles. The van der Waals surface area contributed by atoms with Gasteiger partial charge in [0.2, 0.25) is 0 Å². The molecule has 0 fully saturated rings. The van der Waals surface area contributed by atoms with Crippen LogP contribution in [-0.4, -0.2) is 30.6 Å². The van der Waals surface area contributed by atoms with Gasteiger partial charge in [0, 0.05) is 18.4 Å². The Labute approximate surface area is 198 Å². The van der Waals surface area contributed by atoms with Gasteiger partial charge in [-0.25, -0.2) is 4.39 Å². The Morgan fingerprint density at radius 2 is 1.82 bits per heavy atom. The Balaban J connectivity index is 1.50. The Kier molecular flexibility index (Phi) is 6.68. The number of carbonyl (C=O) groups is 2. The van der Waals surface area contributed by atoms with Crippen LogP contribution in [0.3, 0.4) is 0 Å². The van der Waals surface area contributed by atoms with E-state index in [0.717, 1.165) is 5.56 Å². The summed E-state index contributed by atoms with van der Waals surface area (Å²) in [6.07, 6.45) is 0.573. The van der Waals surface area contributed by atoms with Crippen molar-refractivity contribution in [3.05, 3.63) is 94.3 Å². The summed E-state index contributed by atoms with van der Waals surface area (Å²) in [5.74, 6) is -0.946. The molecular formula is C28H27FO5. The van der Waals surface area contributed by atoms with Crippen molar-refractivity contribution in [3.8, 4) is 11.5 Å². The van der Waals surface area contributed by atoms with Crippen molar-refractivity contribution >= 4 is 11.8 Å². The molecule has 1 unspecified atom stereocenters. The number of ether oxygens (including phenoxy) is 2. The molecule has 3 aromatic rings. The first-order valence-electron chi connectivity index (χ1n) is 11.2. The van der Waals surface area contributed by atoms with Gasteiger partial charge in [0.1, 0.15) is 5.82 Å². The van der Waals surface area contributed by atoms with Gasteiger partial charge in [0.25, 0.3) is 0 Å². The van der Waals surface area contributed by atoms with E-state index in [1.165, 1.54) is 18.7 Å². The minimum absolute atomic E-state index is 0.00785. The SMILES string of the molecule is COc1ccc(C(=O)CC2(C(=O)O)Cc3cccc(F)c3C2)cc1OCCc1cccc(C)c1. The van der Waals surface area contributed by atoms with E-state index in [9.17, 15) is 19.1 Å². The van der Waals surface area contributed by atoms with E-state index >= 15 is 0 Å². The third-order valence-electron chi connectivity index (χ3n) is 6.43. The predicted octanol–water partition coefficient (Wildman–Crippen LogP) is 5.21. The highest BCUT2D eigenvalue weighted by Crippen LogP contribution is 2.42. The van der Waals surface area contributed by atoms with Crippen molar-refractivity contribution in [2.75, 3.05) is 13.7 Å². The molecule has 176 valence electrons. The molecule has 34 heavy (non-hydrogen) atoms. The first-order chi connectivity index (χ1) is 16.3. The zero-order valence-corrected chi connectivity index (χ0v) is 19.3. The van der Waals surface area contributed by atoms with E-state index in [1.807, 2.05) is 25.1 Å². The number of rotatable bonds is 9. The van der Waals surface area contributed by atoms with Crippen LogP contribution >= 0.6 is 0 Å². The average molecular weight is 463 g/mol. The summed E-state index contributed by atoms with van der Waals surface area (Å²) in [6, 6.07) is 17.6. The lowest BCUT2D eigenvalue weighted by atomic mass is 9.79. The Morgan fingerprint density at radius 3 is 2.53 bits per heavy atom. The molecular weight excluding hydrogens is 435 g/mol. The molecule has 3 aromatic carbocycles. The topological polar surface area (TPSA) is 72.8 Å².